The summed E-state index contributed by atoms with van der Waals surface area (Å²) in [5.41, 5.74) is 4.21. The predicted octanol–water partition coefficient (Wildman–Crippen LogP) is 4.70. The van der Waals surface area contributed by atoms with Crippen LogP contribution < -0.4 is 4.74 Å². The lowest BCUT2D eigenvalue weighted by atomic mass is 10.1. The molecule has 0 unspecified atom stereocenters. The van der Waals surface area contributed by atoms with E-state index in [1.807, 2.05) is 56.5 Å². The van der Waals surface area contributed by atoms with Gasteiger partial charge in [0.2, 0.25) is 0 Å². The van der Waals surface area contributed by atoms with Crippen LogP contribution in [0.5, 0.6) is 5.75 Å². The van der Waals surface area contributed by atoms with Crippen LogP contribution in [-0.4, -0.2) is 10.1 Å². The zero-order chi connectivity index (χ0) is 17.8. The van der Waals surface area contributed by atoms with Crippen LogP contribution in [0.3, 0.4) is 0 Å². The molecule has 0 fully saturated rings. The summed E-state index contributed by atoms with van der Waals surface area (Å²) >= 11 is 1.47. The van der Waals surface area contributed by atoms with Gasteiger partial charge in [-0.05, 0) is 44.5 Å². The van der Waals surface area contributed by atoms with Crippen molar-refractivity contribution < 1.29 is 9.26 Å². The Morgan fingerprint density at radius 2 is 2.04 bits per heavy atom. The van der Waals surface area contributed by atoms with Gasteiger partial charge in [-0.15, -0.1) is 11.3 Å². The Balaban J connectivity index is 1.72. The lowest BCUT2D eigenvalue weighted by molar-refractivity contribution is 0.301. The summed E-state index contributed by atoms with van der Waals surface area (Å²) in [6.45, 7) is 6.10. The number of nitrogens with zero attached hydrogens (tertiary/aromatic N) is 3. The van der Waals surface area contributed by atoms with Gasteiger partial charge in [0.1, 0.15) is 29.2 Å². The van der Waals surface area contributed by atoms with Crippen LogP contribution in [0.15, 0.2) is 34.2 Å². The van der Waals surface area contributed by atoms with Gasteiger partial charge in [-0.1, -0.05) is 17.3 Å². The highest BCUT2D eigenvalue weighted by Crippen LogP contribution is 2.23. The third-order valence-electron chi connectivity index (χ3n) is 3.73. The summed E-state index contributed by atoms with van der Waals surface area (Å²) in [7, 11) is 0. The van der Waals surface area contributed by atoms with E-state index in [-0.39, 0.29) is 0 Å². The maximum absolute atomic E-state index is 9.36. The first-order valence-corrected chi connectivity index (χ1v) is 8.63. The number of thiazole rings is 1. The minimum Gasteiger partial charge on any atom is -0.489 e. The van der Waals surface area contributed by atoms with Crippen LogP contribution in [0.2, 0.25) is 0 Å². The molecule has 3 rings (SSSR count). The van der Waals surface area contributed by atoms with E-state index >= 15 is 0 Å². The molecule has 0 spiro atoms. The number of aromatic nitrogens is 2. The van der Waals surface area contributed by atoms with Crippen molar-refractivity contribution in [2.24, 2.45) is 0 Å². The van der Waals surface area contributed by atoms with E-state index in [1.165, 1.54) is 11.3 Å². The van der Waals surface area contributed by atoms with Crippen LogP contribution >= 0.6 is 11.3 Å². The monoisotopic (exact) mass is 351 g/mol. The number of hydrogen-bond acceptors (Lipinski definition) is 6. The van der Waals surface area contributed by atoms with Gasteiger partial charge in [-0.2, -0.15) is 5.26 Å². The van der Waals surface area contributed by atoms with E-state index in [0.717, 1.165) is 39.0 Å². The molecule has 0 radical (unpaired) electrons. The van der Waals surface area contributed by atoms with E-state index in [2.05, 4.69) is 16.2 Å². The number of hydrogen-bond donors (Lipinski definition) is 0. The van der Waals surface area contributed by atoms with Crippen LogP contribution in [0.25, 0.3) is 11.6 Å². The van der Waals surface area contributed by atoms with E-state index < -0.39 is 0 Å². The molecule has 0 aliphatic heterocycles. The molecule has 0 atom stereocenters. The summed E-state index contributed by atoms with van der Waals surface area (Å²) in [6.07, 6.45) is 1.83. The summed E-state index contributed by atoms with van der Waals surface area (Å²) in [5.74, 6) is 1.52. The highest BCUT2D eigenvalue weighted by molar-refractivity contribution is 7.11. The van der Waals surface area contributed by atoms with Gasteiger partial charge in [0.05, 0.1) is 16.8 Å². The lowest BCUT2D eigenvalue weighted by Gasteiger charge is -2.06. The Morgan fingerprint density at radius 3 is 2.60 bits per heavy atom. The number of rotatable bonds is 5. The molecule has 0 saturated heterocycles. The van der Waals surface area contributed by atoms with Crippen LogP contribution in [0.1, 0.15) is 33.3 Å². The summed E-state index contributed by atoms with van der Waals surface area (Å²) in [4.78, 5) is 4.36. The van der Waals surface area contributed by atoms with E-state index in [4.69, 9.17) is 9.26 Å². The molecular formula is C19H17N3O2S. The van der Waals surface area contributed by atoms with Crippen molar-refractivity contribution >= 4 is 23.0 Å². The van der Waals surface area contributed by atoms with Crippen molar-refractivity contribution in [3.63, 3.8) is 0 Å². The first-order chi connectivity index (χ1) is 12.1. The zero-order valence-electron chi connectivity index (χ0n) is 14.2. The Morgan fingerprint density at radius 1 is 1.28 bits per heavy atom. The standard InChI is InChI=1S/C19H17N3O2S/c1-12-11-25-19(21-12)16(9-20)8-15-4-6-17(7-5-15)23-10-18-13(2)22-24-14(18)3/h4-8,11H,10H2,1-3H3. The normalized spacial score (nSPS) is 11.4. The van der Waals surface area contributed by atoms with Crippen LogP contribution in [0, 0.1) is 32.1 Å². The fourth-order valence-electron chi connectivity index (χ4n) is 2.31. The molecule has 0 bridgehead atoms. The Kier molecular flexibility index (Phi) is 4.96. The Hall–Kier alpha value is -2.91. The average Bonchev–Trinajstić information content (AvgIpc) is 3.18. The smallest absolute Gasteiger partial charge is 0.140 e. The van der Waals surface area contributed by atoms with E-state index in [0.29, 0.717) is 12.2 Å². The molecule has 25 heavy (non-hydrogen) atoms. The molecule has 5 nitrogen and oxygen atoms in total. The van der Waals surface area contributed by atoms with Gasteiger partial charge in [0, 0.05) is 11.1 Å². The minimum atomic E-state index is 0.415. The number of allylic oxidation sites excluding steroid dienone is 1. The highest BCUT2D eigenvalue weighted by atomic mass is 32.1. The number of ether oxygens (including phenoxy) is 1. The van der Waals surface area contributed by atoms with Crippen molar-refractivity contribution in [3.8, 4) is 11.8 Å². The summed E-state index contributed by atoms with van der Waals surface area (Å²) < 4.78 is 10.9. The maximum Gasteiger partial charge on any atom is 0.140 e. The molecular weight excluding hydrogens is 334 g/mol. The molecule has 126 valence electrons. The van der Waals surface area contributed by atoms with Gasteiger partial charge in [0.15, 0.2) is 0 Å². The second-order valence-electron chi connectivity index (χ2n) is 5.62. The SMILES string of the molecule is Cc1csc(C(C#N)=Cc2ccc(OCc3c(C)noc3C)cc2)n1. The van der Waals surface area contributed by atoms with Crippen LogP contribution in [0.4, 0.5) is 0 Å². The highest BCUT2D eigenvalue weighted by Gasteiger charge is 2.09. The Labute approximate surface area is 150 Å². The van der Waals surface area contributed by atoms with E-state index in [9.17, 15) is 5.26 Å². The van der Waals surface area contributed by atoms with Crippen LogP contribution in [-0.2, 0) is 6.61 Å². The minimum absolute atomic E-state index is 0.415. The van der Waals surface area contributed by atoms with Crippen molar-refractivity contribution in [3.05, 3.63) is 62.9 Å². The number of aryl methyl sites for hydroxylation is 3. The largest absolute Gasteiger partial charge is 0.489 e. The third kappa shape index (κ3) is 3.95. The molecule has 0 N–H and O–H groups in total. The van der Waals surface area contributed by atoms with Crippen molar-refractivity contribution in [2.45, 2.75) is 27.4 Å². The second-order valence-corrected chi connectivity index (χ2v) is 6.48. The molecule has 0 amide bonds. The molecule has 0 aliphatic carbocycles. The zero-order valence-corrected chi connectivity index (χ0v) is 15.1. The van der Waals surface area contributed by atoms with Crippen molar-refractivity contribution in [1.82, 2.24) is 10.1 Å². The summed E-state index contributed by atoms with van der Waals surface area (Å²) in [5, 5.41) is 15.9. The van der Waals surface area contributed by atoms with Gasteiger partial charge < -0.3 is 9.26 Å². The lowest BCUT2D eigenvalue weighted by Crippen LogP contribution is -1.97. The van der Waals surface area contributed by atoms with E-state index in [1.54, 1.807) is 0 Å². The molecule has 3 aromatic rings. The third-order valence-corrected chi connectivity index (χ3v) is 4.72. The molecule has 1 aromatic carbocycles. The molecule has 0 aliphatic rings. The molecule has 0 saturated carbocycles. The van der Waals surface area contributed by atoms with Gasteiger partial charge in [-0.25, -0.2) is 4.98 Å². The molecule has 2 heterocycles. The quantitative estimate of drug-likeness (QED) is 0.623. The number of nitriles is 1. The first-order valence-electron chi connectivity index (χ1n) is 7.75. The predicted molar refractivity (Wildman–Crippen MR) is 97.1 cm³/mol. The first kappa shape index (κ1) is 16.9. The molecule has 6 heteroatoms. The van der Waals surface area contributed by atoms with Crippen molar-refractivity contribution in [2.75, 3.05) is 0 Å². The van der Waals surface area contributed by atoms with Gasteiger partial charge in [-0.3, -0.25) is 0 Å². The number of benzene rings is 1. The maximum atomic E-state index is 9.36. The van der Waals surface area contributed by atoms with Gasteiger partial charge >= 0.3 is 0 Å². The Bertz CT molecular complexity index is 926. The molecule has 2 aromatic heterocycles. The summed E-state index contributed by atoms with van der Waals surface area (Å²) in [6, 6.07) is 9.81. The fraction of sp³-hybridized carbons (Fsp3) is 0.211. The second kappa shape index (κ2) is 7.32. The van der Waals surface area contributed by atoms with Crippen molar-refractivity contribution in [1.29, 1.82) is 5.26 Å². The average molecular weight is 351 g/mol. The fourth-order valence-corrected chi connectivity index (χ4v) is 3.07. The topological polar surface area (TPSA) is 71.9 Å². The van der Waals surface area contributed by atoms with Gasteiger partial charge in [0.25, 0.3) is 0 Å².